The van der Waals surface area contributed by atoms with Crippen LogP contribution in [-0.2, 0) is 0 Å². The maximum Gasteiger partial charge on any atom is 0.270 e. The van der Waals surface area contributed by atoms with Crippen LogP contribution in [-0.4, -0.2) is 54.0 Å². The van der Waals surface area contributed by atoms with Crippen LogP contribution in [0, 0.1) is 0 Å². The number of halogens is 3. The van der Waals surface area contributed by atoms with Crippen molar-refractivity contribution in [1.82, 2.24) is 15.2 Å². The van der Waals surface area contributed by atoms with Crippen LogP contribution in [0.25, 0.3) is 0 Å². The maximum absolute atomic E-state index is 12.6. The third kappa shape index (κ3) is 7.50. The number of benzene rings is 1. The van der Waals surface area contributed by atoms with Crippen LogP contribution >= 0.6 is 46.9 Å². The lowest BCUT2D eigenvalue weighted by Crippen LogP contribution is -2.42. The van der Waals surface area contributed by atoms with Gasteiger partial charge in [-0.25, -0.2) is 4.98 Å². The SMILES string of the molecule is COc1cc(Cl)c(Cl)cc1C(=O)Nc1nc(C(=O)NCCN(C(C)C)C(C)C)cs1.Cl. The van der Waals surface area contributed by atoms with Gasteiger partial charge < -0.3 is 10.1 Å². The van der Waals surface area contributed by atoms with Crippen molar-refractivity contribution in [2.75, 3.05) is 25.5 Å². The molecule has 0 radical (unpaired) electrons. The van der Waals surface area contributed by atoms with Gasteiger partial charge in [0.2, 0.25) is 0 Å². The van der Waals surface area contributed by atoms with Gasteiger partial charge in [-0.1, -0.05) is 23.2 Å². The number of carbonyl (C=O) groups is 2. The van der Waals surface area contributed by atoms with Crippen molar-refractivity contribution in [3.63, 3.8) is 0 Å². The number of rotatable bonds is 9. The van der Waals surface area contributed by atoms with Crippen LogP contribution in [0.4, 0.5) is 5.13 Å². The number of nitrogens with one attached hydrogen (secondary N) is 2. The first-order chi connectivity index (χ1) is 14.1. The summed E-state index contributed by atoms with van der Waals surface area (Å²) in [7, 11) is 1.43. The predicted molar refractivity (Wildman–Crippen MR) is 130 cm³/mol. The van der Waals surface area contributed by atoms with E-state index in [4.69, 9.17) is 27.9 Å². The van der Waals surface area contributed by atoms with E-state index in [0.717, 1.165) is 17.9 Å². The van der Waals surface area contributed by atoms with E-state index in [2.05, 4.69) is 48.2 Å². The summed E-state index contributed by atoms with van der Waals surface area (Å²) in [6.07, 6.45) is 0. The van der Waals surface area contributed by atoms with E-state index in [-0.39, 0.29) is 45.4 Å². The largest absolute Gasteiger partial charge is 0.496 e. The summed E-state index contributed by atoms with van der Waals surface area (Å²) >= 11 is 13.1. The molecule has 31 heavy (non-hydrogen) atoms. The van der Waals surface area contributed by atoms with Crippen LogP contribution in [0.5, 0.6) is 5.75 Å². The number of nitrogens with zero attached hydrogens (tertiary/aromatic N) is 2. The standard InChI is InChI=1S/C20H26Cl2N4O3S.ClH/c1-11(2)26(12(3)4)7-6-23-19(28)16-10-30-20(24-16)25-18(27)13-8-14(21)15(22)9-17(13)29-5;/h8-12H,6-7H2,1-5H3,(H,23,28)(H,24,25,27);1H. The van der Waals surface area contributed by atoms with Gasteiger partial charge in [-0.3, -0.25) is 19.8 Å². The van der Waals surface area contributed by atoms with E-state index in [1.165, 1.54) is 19.2 Å². The maximum atomic E-state index is 12.6. The Morgan fingerprint density at radius 2 is 1.74 bits per heavy atom. The molecule has 2 amide bonds. The van der Waals surface area contributed by atoms with Crippen LogP contribution in [0.2, 0.25) is 10.0 Å². The van der Waals surface area contributed by atoms with E-state index >= 15 is 0 Å². The minimum absolute atomic E-state index is 0. The molecule has 11 heteroatoms. The summed E-state index contributed by atoms with van der Waals surface area (Å²) in [6.45, 7) is 9.75. The number of amides is 2. The Bertz CT molecular complexity index is 898. The van der Waals surface area contributed by atoms with Crippen LogP contribution in [0.15, 0.2) is 17.5 Å². The van der Waals surface area contributed by atoms with Gasteiger partial charge in [0.25, 0.3) is 11.8 Å². The molecule has 2 rings (SSSR count). The molecular weight excluding hydrogens is 483 g/mol. The summed E-state index contributed by atoms with van der Waals surface area (Å²) < 4.78 is 5.19. The number of anilines is 1. The fraction of sp³-hybridized carbons (Fsp3) is 0.450. The Hall–Kier alpha value is -1.58. The molecule has 2 N–H and O–H groups in total. The third-order valence-electron chi connectivity index (χ3n) is 4.43. The molecule has 7 nitrogen and oxygen atoms in total. The molecule has 0 aliphatic heterocycles. The van der Waals surface area contributed by atoms with Crippen molar-refractivity contribution in [3.05, 3.63) is 38.8 Å². The average molecular weight is 510 g/mol. The van der Waals surface area contributed by atoms with E-state index in [0.29, 0.717) is 23.8 Å². The lowest BCUT2D eigenvalue weighted by Gasteiger charge is -2.30. The molecule has 0 aliphatic carbocycles. The highest BCUT2D eigenvalue weighted by atomic mass is 35.5. The van der Waals surface area contributed by atoms with Gasteiger partial charge in [-0.05, 0) is 33.8 Å². The fourth-order valence-corrected chi connectivity index (χ4v) is 3.98. The molecular formula is C20H27Cl3N4O3S. The van der Waals surface area contributed by atoms with Gasteiger partial charge >= 0.3 is 0 Å². The zero-order valence-corrected chi connectivity index (χ0v) is 21.1. The second kappa shape index (κ2) is 12.5. The molecule has 0 fully saturated rings. The van der Waals surface area contributed by atoms with Gasteiger partial charge in [0, 0.05) is 36.6 Å². The zero-order valence-electron chi connectivity index (χ0n) is 18.0. The number of hydrogen-bond acceptors (Lipinski definition) is 6. The smallest absolute Gasteiger partial charge is 0.270 e. The molecule has 2 aromatic rings. The number of thiazole rings is 1. The Balaban J connectivity index is 0.00000480. The molecule has 1 heterocycles. The van der Waals surface area contributed by atoms with Crippen molar-refractivity contribution < 1.29 is 14.3 Å². The molecule has 0 aliphatic rings. The third-order valence-corrected chi connectivity index (χ3v) is 5.91. The minimum Gasteiger partial charge on any atom is -0.496 e. The summed E-state index contributed by atoms with van der Waals surface area (Å²) in [5, 5.41) is 7.94. The van der Waals surface area contributed by atoms with Gasteiger partial charge in [-0.2, -0.15) is 0 Å². The summed E-state index contributed by atoms with van der Waals surface area (Å²) in [6, 6.07) is 3.67. The number of aromatic nitrogens is 1. The number of carbonyl (C=O) groups excluding carboxylic acids is 2. The lowest BCUT2D eigenvalue weighted by molar-refractivity contribution is 0.0934. The molecule has 0 unspecified atom stereocenters. The molecule has 0 bridgehead atoms. The van der Waals surface area contributed by atoms with E-state index in [1.807, 2.05) is 0 Å². The van der Waals surface area contributed by atoms with Gasteiger partial charge in [-0.15, -0.1) is 23.7 Å². The van der Waals surface area contributed by atoms with Gasteiger partial charge in [0.05, 0.1) is 22.7 Å². The normalized spacial score (nSPS) is 10.9. The monoisotopic (exact) mass is 508 g/mol. The molecule has 1 aromatic heterocycles. The summed E-state index contributed by atoms with van der Waals surface area (Å²) in [5.41, 5.74) is 0.465. The highest BCUT2D eigenvalue weighted by molar-refractivity contribution is 7.14. The molecule has 0 spiro atoms. The van der Waals surface area contributed by atoms with E-state index in [9.17, 15) is 9.59 Å². The summed E-state index contributed by atoms with van der Waals surface area (Å²) in [4.78, 5) is 31.4. The average Bonchev–Trinajstić information content (AvgIpc) is 3.14. The first-order valence-corrected chi connectivity index (χ1v) is 11.1. The van der Waals surface area contributed by atoms with Crippen LogP contribution in [0.1, 0.15) is 48.5 Å². The topological polar surface area (TPSA) is 83.6 Å². The zero-order chi connectivity index (χ0) is 22.4. The second-order valence-corrected chi connectivity index (χ2v) is 8.81. The van der Waals surface area contributed by atoms with E-state index in [1.54, 1.807) is 5.38 Å². The van der Waals surface area contributed by atoms with Crippen LogP contribution < -0.4 is 15.4 Å². The fourth-order valence-electron chi connectivity index (χ4n) is 2.98. The summed E-state index contributed by atoms with van der Waals surface area (Å²) in [5.74, 6) is -0.459. The van der Waals surface area contributed by atoms with Crippen molar-refractivity contribution in [2.24, 2.45) is 0 Å². The highest BCUT2D eigenvalue weighted by Gasteiger charge is 2.18. The number of methoxy groups -OCH3 is 1. The molecule has 0 saturated carbocycles. The first kappa shape index (κ1) is 27.5. The Kier molecular flexibility index (Phi) is 11.0. The first-order valence-electron chi connectivity index (χ1n) is 9.47. The molecule has 0 atom stereocenters. The Morgan fingerprint density at radius 3 is 2.32 bits per heavy atom. The lowest BCUT2D eigenvalue weighted by atomic mass is 10.2. The Morgan fingerprint density at radius 1 is 1.13 bits per heavy atom. The second-order valence-electron chi connectivity index (χ2n) is 7.14. The minimum atomic E-state index is -0.462. The van der Waals surface area contributed by atoms with Crippen LogP contribution in [0.3, 0.4) is 0 Å². The number of ether oxygens (including phenoxy) is 1. The quantitative estimate of drug-likeness (QED) is 0.498. The van der Waals surface area contributed by atoms with Crippen molar-refractivity contribution in [1.29, 1.82) is 0 Å². The van der Waals surface area contributed by atoms with Crippen molar-refractivity contribution in [3.8, 4) is 5.75 Å². The molecule has 1 aromatic carbocycles. The Labute approximate surface area is 202 Å². The van der Waals surface area contributed by atoms with E-state index < -0.39 is 5.91 Å². The van der Waals surface area contributed by atoms with Gasteiger partial charge in [0.1, 0.15) is 11.4 Å². The van der Waals surface area contributed by atoms with Gasteiger partial charge in [0.15, 0.2) is 5.13 Å². The van der Waals surface area contributed by atoms with Crippen molar-refractivity contribution in [2.45, 2.75) is 39.8 Å². The molecule has 172 valence electrons. The highest BCUT2D eigenvalue weighted by Crippen LogP contribution is 2.31. The number of hydrogen-bond donors (Lipinski definition) is 2. The molecule has 0 saturated heterocycles. The predicted octanol–water partition coefficient (Wildman–Crippen LogP) is 4.98. The van der Waals surface area contributed by atoms with Crippen molar-refractivity contribution >= 4 is 63.9 Å².